The molecule has 0 saturated carbocycles. The summed E-state index contributed by atoms with van der Waals surface area (Å²) in [7, 11) is 2.20. The van der Waals surface area contributed by atoms with E-state index >= 15 is 0 Å². The molecule has 1 saturated heterocycles. The smallest absolute Gasteiger partial charge is 0.304 e. The molecule has 17 heavy (non-hydrogen) atoms. The first kappa shape index (κ1) is 14.5. The van der Waals surface area contributed by atoms with Crippen molar-refractivity contribution in [3.05, 3.63) is 0 Å². The predicted octanol–water partition coefficient (Wildman–Crippen LogP) is 1.66. The van der Waals surface area contributed by atoms with Crippen LogP contribution in [0.1, 0.15) is 39.0 Å². The summed E-state index contributed by atoms with van der Waals surface area (Å²) in [5.41, 5.74) is 0. The van der Waals surface area contributed by atoms with Gasteiger partial charge < -0.3 is 14.9 Å². The number of nitrogens with zero attached hydrogens (tertiary/aromatic N) is 2. The fourth-order valence-electron chi connectivity index (χ4n) is 2.44. The van der Waals surface area contributed by atoms with Gasteiger partial charge >= 0.3 is 5.97 Å². The van der Waals surface area contributed by atoms with Gasteiger partial charge in [0.1, 0.15) is 0 Å². The van der Waals surface area contributed by atoms with Crippen molar-refractivity contribution in [2.75, 3.05) is 33.2 Å². The highest BCUT2D eigenvalue weighted by Gasteiger charge is 2.22. The molecule has 4 heteroatoms. The van der Waals surface area contributed by atoms with Crippen LogP contribution in [-0.2, 0) is 4.79 Å². The summed E-state index contributed by atoms with van der Waals surface area (Å²) in [6.07, 6.45) is 5.21. The molecule has 100 valence electrons. The molecule has 0 radical (unpaired) electrons. The summed E-state index contributed by atoms with van der Waals surface area (Å²) in [5.74, 6) is -0.688. The van der Waals surface area contributed by atoms with Crippen LogP contribution in [0, 0.1) is 0 Å². The normalized spacial score (nSPS) is 21.9. The van der Waals surface area contributed by atoms with Gasteiger partial charge in [-0.3, -0.25) is 4.79 Å². The molecule has 0 aliphatic carbocycles. The molecule has 4 nitrogen and oxygen atoms in total. The molecule has 0 aromatic rings. The second kappa shape index (κ2) is 7.67. The lowest BCUT2D eigenvalue weighted by molar-refractivity contribution is -0.137. The van der Waals surface area contributed by atoms with Crippen molar-refractivity contribution in [3.8, 4) is 0 Å². The van der Waals surface area contributed by atoms with E-state index < -0.39 is 5.97 Å². The Labute approximate surface area is 105 Å². The number of carbonyl (C=O) groups is 1. The van der Waals surface area contributed by atoms with E-state index in [0.717, 1.165) is 19.6 Å². The van der Waals surface area contributed by atoms with E-state index in [1.54, 1.807) is 0 Å². The van der Waals surface area contributed by atoms with E-state index in [1.807, 2.05) is 0 Å². The number of unbranched alkanes of at least 4 members (excludes halogenated alkanes) is 1. The average Bonchev–Trinajstić information content (AvgIpc) is 2.33. The van der Waals surface area contributed by atoms with Gasteiger partial charge in [-0.15, -0.1) is 0 Å². The molecule has 1 N–H and O–H groups in total. The number of aliphatic carboxylic acids is 1. The van der Waals surface area contributed by atoms with Gasteiger partial charge in [-0.25, -0.2) is 0 Å². The monoisotopic (exact) mass is 242 g/mol. The number of rotatable bonds is 7. The van der Waals surface area contributed by atoms with Crippen molar-refractivity contribution in [1.82, 2.24) is 9.80 Å². The van der Waals surface area contributed by atoms with E-state index in [2.05, 4.69) is 23.8 Å². The predicted molar refractivity (Wildman–Crippen MR) is 69.3 cm³/mol. The van der Waals surface area contributed by atoms with Crippen LogP contribution in [0.5, 0.6) is 0 Å². The maximum atomic E-state index is 10.6. The highest BCUT2D eigenvalue weighted by molar-refractivity contribution is 5.66. The summed E-state index contributed by atoms with van der Waals surface area (Å²) in [4.78, 5) is 15.3. The Morgan fingerprint density at radius 3 is 2.94 bits per heavy atom. The molecule has 1 aliphatic rings. The molecule has 0 amide bonds. The summed E-state index contributed by atoms with van der Waals surface area (Å²) >= 11 is 0. The van der Waals surface area contributed by atoms with E-state index in [1.165, 1.54) is 25.7 Å². The summed E-state index contributed by atoms with van der Waals surface area (Å²) < 4.78 is 0. The van der Waals surface area contributed by atoms with E-state index in [4.69, 9.17) is 5.11 Å². The number of likely N-dealkylation sites (tertiary alicyclic amines) is 1. The third kappa shape index (κ3) is 5.50. The molecule has 1 fully saturated rings. The maximum absolute atomic E-state index is 10.6. The molecule has 1 atom stereocenters. The zero-order valence-corrected chi connectivity index (χ0v) is 11.2. The Morgan fingerprint density at radius 2 is 2.29 bits per heavy atom. The standard InChI is InChI=1S/C13H26N2O2/c1-3-4-8-14(2)12-6-5-9-15(11-12)10-7-13(16)17/h12H,3-11H2,1-2H3,(H,16,17). The van der Waals surface area contributed by atoms with Crippen LogP contribution >= 0.6 is 0 Å². The number of hydrogen-bond donors (Lipinski definition) is 1. The first-order valence-corrected chi connectivity index (χ1v) is 6.78. The summed E-state index contributed by atoms with van der Waals surface area (Å²) in [6.45, 7) is 6.17. The fourth-order valence-corrected chi connectivity index (χ4v) is 2.44. The minimum absolute atomic E-state index is 0.269. The molecule has 1 aliphatic heterocycles. The van der Waals surface area contributed by atoms with Crippen LogP contribution in [0.4, 0.5) is 0 Å². The highest BCUT2D eigenvalue weighted by Crippen LogP contribution is 2.15. The van der Waals surface area contributed by atoms with Crippen molar-refractivity contribution < 1.29 is 9.90 Å². The SMILES string of the molecule is CCCCN(C)C1CCCN(CCC(=O)O)C1. The van der Waals surface area contributed by atoms with Crippen LogP contribution in [-0.4, -0.2) is 60.1 Å². The topological polar surface area (TPSA) is 43.8 Å². The number of piperidine rings is 1. The lowest BCUT2D eigenvalue weighted by Gasteiger charge is -2.37. The van der Waals surface area contributed by atoms with E-state index in [9.17, 15) is 4.79 Å². The summed E-state index contributed by atoms with van der Waals surface area (Å²) in [5, 5.41) is 8.70. The van der Waals surface area contributed by atoms with Crippen LogP contribution in [0.3, 0.4) is 0 Å². The largest absolute Gasteiger partial charge is 0.481 e. The third-order valence-corrected chi connectivity index (χ3v) is 3.61. The van der Waals surface area contributed by atoms with Gasteiger partial charge in [-0.1, -0.05) is 13.3 Å². The molecule has 0 spiro atoms. The zero-order valence-electron chi connectivity index (χ0n) is 11.2. The van der Waals surface area contributed by atoms with Crippen molar-refractivity contribution >= 4 is 5.97 Å². The third-order valence-electron chi connectivity index (χ3n) is 3.61. The first-order chi connectivity index (χ1) is 8.13. The molecule has 0 aromatic carbocycles. The van der Waals surface area contributed by atoms with E-state index in [0.29, 0.717) is 12.6 Å². The number of carboxylic acid groups (broad SMARTS) is 1. The molecular weight excluding hydrogens is 216 g/mol. The Bertz CT molecular complexity index is 233. The number of carboxylic acids is 1. The van der Waals surface area contributed by atoms with Gasteiger partial charge in [0.2, 0.25) is 0 Å². The molecule has 1 unspecified atom stereocenters. The highest BCUT2D eigenvalue weighted by atomic mass is 16.4. The van der Waals surface area contributed by atoms with Crippen molar-refractivity contribution in [1.29, 1.82) is 0 Å². The quantitative estimate of drug-likeness (QED) is 0.737. The van der Waals surface area contributed by atoms with Crippen LogP contribution < -0.4 is 0 Å². The lowest BCUT2D eigenvalue weighted by atomic mass is 10.0. The van der Waals surface area contributed by atoms with Gasteiger partial charge in [0.05, 0.1) is 6.42 Å². The van der Waals surface area contributed by atoms with Crippen molar-refractivity contribution in [2.45, 2.75) is 45.1 Å². The maximum Gasteiger partial charge on any atom is 0.304 e. The first-order valence-electron chi connectivity index (χ1n) is 6.78. The van der Waals surface area contributed by atoms with Gasteiger partial charge in [-0.2, -0.15) is 0 Å². The van der Waals surface area contributed by atoms with Crippen LogP contribution in [0.25, 0.3) is 0 Å². The second-order valence-electron chi connectivity index (χ2n) is 5.07. The summed E-state index contributed by atoms with van der Waals surface area (Å²) in [6, 6.07) is 0.615. The van der Waals surface area contributed by atoms with Crippen molar-refractivity contribution in [3.63, 3.8) is 0 Å². The van der Waals surface area contributed by atoms with Gasteiger partial charge in [-0.05, 0) is 39.4 Å². The minimum atomic E-state index is -0.688. The fraction of sp³-hybridized carbons (Fsp3) is 0.923. The van der Waals surface area contributed by atoms with Gasteiger partial charge in [0.25, 0.3) is 0 Å². The van der Waals surface area contributed by atoms with Crippen molar-refractivity contribution in [2.24, 2.45) is 0 Å². The molecule has 1 rings (SSSR count). The van der Waals surface area contributed by atoms with Gasteiger partial charge in [0.15, 0.2) is 0 Å². The van der Waals surface area contributed by atoms with Crippen LogP contribution in [0.2, 0.25) is 0 Å². The Balaban J connectivity index is 2.29. The van der Waals surface area contributed by atoms with Crippen LogP contribution in [0.15, 0.2) is 0 Å². The zero-order chi connectivity index (χ0) is 12.7. The second-order valence-corrected chi connectivity index (χ2v) is 5.07. The number of likely N-dealkylation sites (N-methyl/N-ethyl adjacent to an activating group) is 1. The Kier molecular flexibility index (Phi) is 6.52. The van der Waals surface area contributed by atoms with E-state index in [-0.39, 0.29) is 6.42 Å². The van der Waals surface area contributed by atoms with Gasteiger partial charge in [0, 0.05) is 19.1 Å². The molecule has 1 heterocycles. The molecule has 0 aromatic heterocycles. The Morgan fingerprint density at radius 1 is 1.53 bits per heavy atom. The molecule has 0 bridgehead atoms. The Hall–Kier alpha value is -0.610. The minimum Gasteiger partial charge on any atom is -0.481 e. The molecular formula is C13H26N2O2. The lowest BCUT2D eigenvalue weighted by Crippen LogP contribution is -2.47. The number of hydrogen-bond acceptors (Lipinski definition) is 3. The average molecular weight is 242 g/mol.